The summed E-state index contributed by atoms with van der Waals surface area (Å²) < 4.78 is 1.55. The van der Waals surface area contributed by atoms with E-state index in [1.54, 1.807) is 4.68 Å². The molecular formula is C17H21N3O3. The van der Waals surface area contributed by atoms with Gasteiger partial charge in [0.1, 0.15) is 0 Å². The Labute approximate surface area is 135 Å². The Hall–Kier alpha value is -2.47. The van der Waals surface area contributed by atoms with Crippen molar-refractivity contribution in [2.45, 2.75) is 20.3 Å². The molecule has 0 unspecified atom stereocenters. The third-order valence-electron chi connectivity index (χ3n) is 3.59. The van der Waals surface area contributed by atoms with Gasteiger partial charge in [-0.25, -0.2) is 4.68 Å². The van der Waals surface area contributed by atoms with Crippen molar-refractivity contribution in [2.24, 2.45) is 5.41 Å². The Morgan fingerprint density at radius 1 is 1.26 bits per heavy atom. The molecule has 1 aromatic carbocycles. The predicted molar refractivity (Wildman–Crippen MR) is 86.4 cm³/mol. The van der Waals surface area contributed by atoms with Crippen LogP contribution in [-0.4, -0.2) is 39.7 Å². The van der Waals surface area contributed by atoms with Crippen LogP contribution in [0.25, 0.3) is 5.69 Å². The minimum atomic E-state index is -0.663. The molecule has 6 nitrogen and oxygen atoms in total. The number of benzene rings is 1. The molecule has 1 amide bonds. The van der Waals surface area contributed by atoms with Crippen LogP contribution in [0.5, 0.6) is 0 Å². The number of aliphatic hydroxyl groups is 1. The molecule has 0 spiro atoms. The number of para-hydroxylation sites is 1. The predicted octanol–water partition coefficient (Wildman–Crippen LogP) is 1.58. The average molecular weight is 315 g/mol. The molecule has 0 bridgehead atoms. The number of amides is 1. The van der Waals surface area contributed by atoms with Gasteiger partial charge in [0.25, 0.3) is 11.7 Å². The summed E-state index contributed by atoms with van der Waals surface area (Å²) in [6, 6.07) is 9.35. The van der Waals surface area contributed by atoms with Crippen LogP contribution in [0.4, 0.5) is 0 Å². The van der Waals surface area contributed by atoms with E-state index >= 15 is 0 Å². The molecule has 122 valence electrons. The number of nitrogens with zero attached hydrogens (tertiary/aromatic N) is 2. The number of ketones is 1. The van der Waals surface area contributed by atoms with Gasteiger partial charge in [-0.15, -0.1) is 0 Å². The molecule has 0 aliphatic rings. The molecule has 2 N–H and O–H groups in total. The fourth-order valence-electron chi connectivity index (χ4n) is 2.08. The van der Waals surface area contributed by atoms with Crippen LogP contribution in [0.15, 0.2) is 42.7 Å². The SMILES string of the molecule is CC(C)(CCO)CNC(=O)C(=O)c1cnn(-c2ccccc2)c1. The zero-order chi connectivity index (χ0) is 16.9. The number of rotatable bonds is 7. The van der Waals surface area contributed by atoms with Crippen molar-refractivity contribution in [3.8, 4) is 5.69 Å². The van der Waals surface area contributed by atoms with Gasteiger partial charge >= 0.3 is 0 Å². The quantitative estimate of drug-likeness (QED) is 0.600. The van der Waals surface area contributed by atoms with E-state index < -0.39 is 11.7 Å². The molecule has 6 heteroatoms. The van der Waals surface area contributed by atoms with Crippen LogP contribution in [0.2, 0.25) is 0 Å². The highest BCUT2D eigenvalue weighted by atomic mass is 16.3. The summed E-state index contributed by atoms with van der Waals surface area (Å²) in [7, 11) is 0. The summed E-state index contributed by atoms with van der Waals surface area (Å²) in [6.07, 6.45) is 3.47. The summed E-state index contributed by atoms with van der Waals surface area (Å²) >= 11 is 0. The van der Waals surface area contributed by atoms with E-state index in [0.29, 0.717) is 13.0 Å². The molecule has 0 atom stereocenters. The minimum absolute atomic E-state index is 0.0423. The van der Waals surface area contributed by atoms with E-state index in [9.17, 15) is 9.59 Å². The summed E-state index contributed by atoms with van der Waals surface area (Å²) in [5, 5.41) is 15.7. The highest BCUT2D eigenvalue weighted by Crippen LogP contribution is 2.18. The van der Waals surface area contributed by atoms with Gasteiger partial charge in [0.2, 0.25) is 0 Å². The van der Waals surface area contributed by atoms with Crippen molar-refractivity contribution in [2.75, 3.05) is 13.2 Å². The van der Waals surface area contributed by atoms with Crippen LogP contribution >= 0.6 is 0 Å². The number of hydrogen-bond donors (Lipinski definition) is 2. The first kappa shape index (κ1) is 16.9. The fourth-order valence-corrected chi connectivity index (χ4v) is 2.08. The fraction of sp³-hybridized carbons (Fsp3) is 0.353. The lowest BCUT2D eigenvalue weighted by Gasteiger charge is -2.23. The van der Waals surface area contributed by atoms with E-state index in [0.717, 1.165) is 5.69 Å². The Kier molecular flexibility index (Phi) is 5.28. The second kappa shape index (κ2) is 7.19. The highest BCUT2D eigenvalue weighted by Gasteiger charge is 2.22. The highest BCUT2D eigenvalue weighted by molar-refractivity contribution is 6.42. The first-order valence-corrected chi connectivity index (χ1v) is 7.46. The van der Waals surface area contributed by atoms with Crippen molar-refractivity contribution >= 4 is 11.7 Å². The second-order valence-corrected chi connectivity index (χ2v) is 6.16. The molecule has 1 aromatic heterocycles. The molecule has 0 fully saturated rings. The van der Waals surface area contributed by atoms with E-state index in [2.05, 4.69) is 10.4 Å². The maximum absolute atomic E-state index is 12.1. The van der Waals surface area contributed by atoms with Crippen molar-refractivity contribution in [3.63, 3.8) is 0 Å². The number of nitrogens with one attached hydrogen (secondary N) is 1. The van der Waals surface area contributed by atoms with Gasteiger partial charge in [0.05, 0.1) is 17.4 Å². The molecule has 2 rings (SSSR count). The number of hydrogen-bond acceptors (Lipinski definition) is 4. The summed E-state index contributed by atoms with van der Waals surface area (Å²) in [6.45, 7) is 4.20. The largest absolute Gasteiger partial charge is 0.396 e. The van der Waals surface area contributed by atoms with Crippen LogP contribution < -0.4 is 5.32 Å². The minimum Gasteiger partial charge on any atom is -0.396 e. The summed E-state index contributed by atoms with van der Waals surface area (Å²) in [4.78, 5) is 24.1. The molecule has 1 heterocycles. The van der Waals surface area contributed by atoms with Crippen LogP contribution in [-0.2, 0) is 4.79 Å². The second-order valence-electron chi connectivity index (χ2n) is 6.16. The smallest absolute Gasteiger partial charge is 0.292 e. The third-order valence-corrected chi connectivity index (χ3v) is 3.59. The third kappa shape index (κ3) is 4.50. The van der Waals surface area contributed by atoms with Gasteiger partial charge in [-0.05, 0) is 24.0 Å². The van der Waals surface area contributed by atoms with Crippen molar-refractivity contribution < 1.29 is 14.7 Å². The van der Waals surface area contributed by atoms with Gasteiger partial charge in [0, 0.05) is 19.3 Å². The van der Waals surface area contributed by atoms with Gasteiger partial charge in [-0.1, -0.05) is 32.0 Å². The van der Waals surface area contributed by atoms with Crippen LogP contribution in [0.1, 0.15) is 30.6 Å². The number of aromatic nitrogens is 2. The standard InChI is InChI=1S/C17H21N3O3/c1-17(2,8-9-21)12-18-16(23)15(22)13-10-19-20(11-13)14-6-4-3-5-7-14/h3-7,10-11,21H,8-9,12H2,1-2H3,(H,18,23). The van der Waals surface area contributed by atoms with Crippen molar-refractivity contribution in [1.82, 2.24) is 15.1 Å². The normalized spacial score (nSPS) is 11.3. The maximum Gasteiger partial charge on any atom is 0.292 e. The molecule has 23 heavy (non-hydrogen) atoms. The van der Waals surface area contributed by atoms with Crippen LogP contribution in [0, 0.1) is 5.41 Å². The van der Waals surface area contributed by atoms with E-state index in [4.69, 9.17) is 5.11 Å². The van der Waals surface area contributed by atoms with Crippen LogP contribution in [0.3, 0.4) is 0 Å². The molecule has 0 radical (unpaired) electrons. The summed E-state index contributed by atoms with van der Waals surface area (Å²) in [5.41, 5.74) is 0.793. The van der Waals surface area contributed by atoms with Crippen molar-refractivity contribution in [3.05, 3.63) is 48.3 Å². The van der Waals surface area contributed by atoms with Crippen molar-refractivity contribution in [1.29, 1.82) is 0 Å². The molecule has 0 aliphatic heterocycles. The number of carbonyl (C=O) groups excluding carboxylic acids is 2. The lowest BCUT2D eigenvalue weighted by atomic mass is 9.89. The average Bonchev–Trinajstić information content (AvgIpc) is 3.02. The molecule has 2 aromatic rings. The first-order chi connectivity index (χ1) is 10.9. The summed E-state index contributed by atoms with van der Waals surface area (Å²) in [5.74, 6) is -1.28. The molecule has 0 aliphatic carbocycles. The monoisotopic (exact) mass is 315 g/mol. The Bertz CT molecular complexity index is 677. The Morgan fingerprint density at radius 3 is 2.61 bits per heavy atom. The molecular weight excluding hydrogens is 294 g/mol. The van der Waals surface area contributed by atoms with E-state index in [1.807, 2.05) is 44.2 Å². The number of Topliss-reactive ketones (excluding diaryl/α,β-unsaturated/α-hetero) is 1. The zero-order valence-electron chi connectivity index (χ0n) is 13.3. The molecule has 0 saturated carbocycles. The number of aliphatic hydroxyl groups excluding tert-OH is 1. The van der Waals surface area contributed by atoms with Gasteiger partial charge in [-0.3, -0.25) is 9.59 Å². The van der Waals surface area contributed by atoms with E-state index in [-0.39, 0.29) is 17.6 Å². The Morgan fingerprint density at radius 2 is 1.96 bits per heavy atom. The zero-order valence-corrected chi connectivity index (χ0v) is 13.3. The lowest BCUT2D eigenvalue weighted by molar-refractivity contribution is -0.117. The molecule has 0 saturated heterocycles. The maximum atomic E-state index is 12.1. The topological polar surface area (TPSA) is 84.2 Å². The number of carbonyl (C=O) groups is 2. The van der Waals surface area contributed by atoms with Gasteiger partial charge in [0.15, 0.2) is 0 Å². The Balaban J connectivity index is 2.01. The van der Waals surface area contributed by atoms with Gasteiger partial charge in [-0.2, -0.15) is 5.10 Å². The first-order valence-electron chi connectivity index (χ1n) is 7.46. The van der Waals surface area contributed by atoms with Gasteiger partial charge < -0.3 is 10.4 Å². The van der Waals surface area contributed by atoms with E-state index in [1.165, 1.54) is 12.4 Å². The lowest BCUT2D eigenvalue weighted by Crippen LogP contribution is -2.38.